The molecule has 0 atom stereocenters. The summed E-state index contributed by atoms with van der Waals surface area (Å²) in [6, 6.07) is 15.7. The molecule has 0 radical (unpaired) electrons. The van der Waals surface area contributed by atoms with Crippen molar-refractivity contribution in [2.75, 3.05) is 27.2 Å². The SMILES string of the molecule is Cc1cccc(-c2nn3cc(C(=O)NCCN(C)C)ccc3c2-c2ccc(F)cc2)n1. The van der Waals surface area contributed by atoms with Gasteiger partial charge in [0, 0.05) is 30.5 Å². The van der Waals surface area contributed by atoms with Crippen LogP contribution in [0, 0.1) is 12.7 Å². The van der Waals surface area contributed by atoms with E-state index in [0.29, 0.717) is 17.8 Å². The smallest absolute Gasteiger partial charge is 0.252 e. The molecule has 0 saturated heterocycles. The van der Waals surface area contributed by atoms with E-state index in [1.165, 1.54) is 12.1 Å². The lowest BCUT2D eigenvalue weighted by molar-refractivity contribution is 0.0950. The highest BCUT2D eigenvalue weighted by molar-refractivity contribution is 5.96. The summed E-state index contributed by atoms with van der Waals surface area (Å²) >= 11 is 0. The van der Waals surface area contributed by atoms with E-state index in [1.807, 2.05) is 50.2 Å². The molecule has 0 aliphatic heterocycles. The standard InChI is InChI=1S/C24H24FN5O/c1-16-5-4-6-20(27-16)23-22(17-7-10-19(25)11-8-17)21-12-9-18(15-30(21)28-23)24(31)26-13-14-29(2)3/h4-12,15H,13-14H2,1-3H3,(H,26,31). The molecular weight excluding hydrogens is 393 g/mol. The number of amides is 1. The van der Waals surface area contributed by atoms with E-state index in [2.05, 4.69) is 10.3 Å². The van der Waals surface area contributed by atoms with Gasteiger partial charge in [0.25, 0.3) is 5.91 Å². The van der Waals surface area contributed by atoms with Crippen LogP contribution in [-0.2, 0) is 0 Å². The largest absolute Gasteiger partial charge is 0.351 e. The average Bonchev–Trinajstić information content (AvgIpc) is 3.13. The monoisotopic (exact) mass is 417 g/mol. The Bertz CT molecular complexity index is 1230. The fraction of sp³-hybridized carbons (Fsp3) is 0.208. The molecule has 0 unspecified atom stereocenters. The highest BCUT2D eigenvalue weighted by Gasteiger charge is 2.19. The van der Waals surface area contributed by atoms with E-state index in [1.54, 1.807) is 28.9 Å². The van der Waals surface area contributed by atoms with Crippen LogP contribution in [0.3, 0.4) is 0 Å². The Labute approximate surface area is 180 Å². The number of likely N-dealkylation sites (N-methyl/N-ethyl adjacent to an activating group) is 1. The number of pyridine rings is 2. The molecule has 1 N–H and O–H groups in total. The topological polar surface area (TPSA) is 62.5 Å². The Morgan fingerprint density at radius 1 is 1.10 bits per heavy atom. The Balaban J connectivity index is 1.80. The number of hydrogen-bond acceptors (Lipinski definition) is 4. The van der Waals surface area contributed by atoms with Gasteiger partial charge in [0.2, 0.25) is 0 Å². The third-order valence-electron chi connectivity index (χ3n) is 5.00. The normalized spacial score (nSPS) is 11.3. The zero-order valence-electron chi connectivity index (χ0n) is 17.8. The first-order chi connectivity index (χ1) is 14.9. The quantitative estimate of drug-likeness (QED) is 0.518. The Kier molecular flexibility index (Phi) is 5.77. The van der Waals surface area contributed by atoms with E-state index in [-0.39, 0.29) is 11.7 Å². The van der Waals surface area contributed by atoms with Crippen LogP contribution in [0.1, 0.15) is 16.1 Å². The van der Waals surface area contributed by atoms with Gasteiger partial charge in [-0.15, -0.1) is 0 Å². The lowest BCUT2D eigenvalue weighted by Gasteiger charge is -2.10. The molecule has 4 rings (SSSR count). The second kappa shape index (κ2) is 8.65. The molecule has 7 heteroatoms. The fourth-order valence-corrected chi connectivity index (χ4v) is 3.43. The molecule has 6 nitrogen and oxygen atoms in total. The molecule has 158 valence electrons. The van der Waals surface area contributed by atoms with Gasteiger partial charge in [-0.3, -0.25) is 9.78 Å². The number of aromatic nitrogens is 3. The van der Waals surface area contributed by atoms with Crippen LogP contribution >= 0.6 is 0 Å². The zero-order chi connectivity index (χ0) is 22.0. The molecule has 4 aromatic rings. The molecule has 3 aromatic heterocycles. The number of hydrogen-bond donors (Lipinski definition) is 1. The van der Waals surface area contributed by atoms with Crippen molar-refractivity contribution in [3.8, 4) is 22.5 Å². The molecule has 0 bridgehead atoms. The minimum Gasteiger partial charge on any atom is -0.351 e. The van der Waals surface area contributed by atoms with Gasteiger partial charge in [-0.25, -0.2) is 8.91 Å². The summed E-state index contributed by atoms with van der Waals surface area (Å²) in [5, 5.41) is 7.66. The summed E-state index contributed by atoms with van der Waals surface area (Å²) in [6.07, 6.45) is 1.71. The van der Waals surface area contributed by atoms with Crippen LogP contribution in [-0.4, -0.2) is 52.6 Å². The van der Waals surface area contributed by atoms with Gasteiger partial charge in [0.1, 0.15) is 11.5 Å². The minimum atomic E-state index is -0.299. The Morgan fingerprint density at radius 3 is 2.58 bits per heavy atom. The van der Waals surface area contributed by atoms with Gasteiger partial charge in [0.05, 0.1) is 16.8 Å². The van der Waals surface area contributed by atoms with E-state index < -0.39 is 0 Å². The third kappa shape index (κ3) is 4.46. The highest BCUT2D eigenvalue weighted by atomic mass is 19.1. The van der Waals surface area contributed by atoms with Gasteiger partial charge >= 0.3 is 0 Å². The maximum atomic E-state index is 13.5. The second-order valence-corrected chi connectivity index (χ2v) is 7.70. The number of aryl methyl sites for hydroxylation is 1. The van der Waals surface area contributed by atoms with E-state index in [4.69, 9.17) is 5.10 Å². The summed E-state index contributed by atoms with van der Waals surface area (Å²) < 4.78 is 15.2. The van der Waals surface area contributed by atoms with E-state index in [9.17, 15) is 9.18 Å². The van der Waals surface area contributed by atoms with Crippen molar-refractivity contribution in [1.82, 2.24) is 24.8 Å². The first-order valence-electron chi connectivity index (χ1n) is 10.1. The predicted octanol–water partition coefficient (Wildman–Crippen LogP) is 3.80. The second-order valence-electron chi connectivity index (χ2n) is 7.70. The fourth-order valence-electron chi connectivity index (χ4n) is 3.43. The van der Waals surface area contributed by atoms with Crippen molar-refractivity contribution in [2.45, 2.75) is 6.92 Å². The van der Waals surface area contributed by atoms with Gasteiger partial charge in [0.15, 0.2) is 0 Å². The number of carbonyl (C=O) groups is 1. The number of benzene rings is 1. The summed E-state index contributed by atoms with van der Waals surface area (Å²) in [4.78, 5) is 19.2. The number of rotatable bonds is 6. The van der Waals surface area contributed by atoms with Crippen molar-refractivity contribution in [1.29, 1.82) is 0 Å². The molecule has 0 fully saturated rings. The number of nitrogens with zero attached hydrogens (tertiary/aromatic N) is 4. The molecule has 0 spiro atoms. The number of fused-ring (bicyclic) bond motifs is 1. The molecule has 0 aliphatic carbocycles. The predicted molar refractivity (Wildman–Crippen MR) is 119 cm³/mol. The van der Waals surface area contributed by atoms with Gasteiger partial charge < -0.3 is 10.2 Å². The summed E-state index contributed by atoms with van der Waals surface area (Å²) in [6.45, 7) is 3.24. The van der Waals surface area contributed by atoms with Crippen molar-refractivity contribution < 1.29 is 9.18 Å². The Morgan fingerprint density at radius 2 is 1.87 bits per heavy atom. The third-order valence-corrected chi connectivity index (χ3v) is 5.00. The minimum absolute atomic E-state index is 0.155. The number of carbonyl (C=O) groups excluding carboxylic acids is 1. The molecule has 31 heavy (non-hydrogen) atoms. The average molecular weight is 417 g/mol. The van der Waals surface area contributed by atoms with Crippen LogP contribution in [0.25, 0.3) is 28.0 Å². The summed E-state index contributed by atoms with van der Waals surface area (Å²) in [5.74, 6) is -0.454. The maximum absolute atomic E-state index is 13.5. The first kappa shape index (κ1) is 20.7. The zero-order valence-corrected chi connectivity index (χ0v) is 17.8. The van der Waals surface area contributed by atoms with E-state index in [0.717, 1.165) is 34.6 Å². The van der Waals surface area contributed by atoms with Gasteiger partial charge in [-0.1, -0.05) is 18.2 Å². The van der Waals surface area contributed by atoms with Crippen molar-refractivity contribution in [3.05, 3.63) is 77.9 Å². The van der Waals surface area contributed by atoms with Crippen molar-refractivity contribution >= 4 is 11.4 Å². The van der Waals surface area contributed by atoms with Crippen molar-refractivity contribution in [3.63, 3.8) is 0 Å². The molecule has 1 amide bonds. The number of halogens is 1. The molecule has 3 heterocycles. The molecular formula is C24H24FN5O. The van der Waals surface area contributed by atoms with E-state index >= 15 is 0 Å². The van der Waals surface area contributed by atoms with Gasteiger partial charge in [-0.2, -0.15) is 5.10 Å². The van der Waals surface area contributed by atoms with Crippen LogP contribution in [0.15, 0.2) is 60.8 Å². The molecule has 1 aromatic carbocycles. The molecule has 0 saturated carbocycles. The van der Waals surface area contributed by atoms with Crippen LogP contribution in [0.4, 0.5) is 4.39 Å². The highest BCUT2D eigenvalue weighted by Crippen LogP contribution is 2.34. The van der Waals surface area contributed by atoms with Crippen molar-refractivity contribution in [2.24, 2.45) is 0 Å². The lowest BCUT2D eigenvalue weighted by atomic mass is 10.0. The number of nitrogens with one attached hydrogen (secondary N) is 1. The summed E-state index contributed by atoms with van der Waals surface area (Å²) in [7, 11) is 3.92. The van der Waals surface area contributed by atoms with Crippen LogP contribution < -0.4 is 5.32 Å². The summed E-state index contributed by atoms with van der Waals surface area (Å²) in [5.41, 5.74) is 5.29. The van der Waals surface area contributed by atoms with Gasteiger partial charge in [-0.05, 0) is 63.0 Å². The lowest BCUT2D eigenvalue weighted by Crippen LogP contribution is -2.31. The van der Waals surface area contributed by atoms with Crippen LogP contribution in [0.2, 0.25) is 0 Å². The molecule has 0 aliphatic rings. The maximum Gasteiger partial charge on any atom is 0.252 e. The Hall–Kier alpha value is -3.58. The first-order valence-corrected chi connectivity index (χ1v) is 10.1. The van der Waals surface area contributed by atoms with Crippen LogP contribution in [0.5, 0.6) is 0 Å².